The molecule has 5 nitrogen and oxygen atoms in total. The first-order chi connectivity index (χ1) is 15.0. The summed E-state index contributed by atoms with van der Waals surface area (Å²) in [6.07, 6.45) is 2.54. The fourth-order valence-electron chi connectivity index (χ4n) is 5.49. The minimum Gasteiger partial charge on any atom is -0.494 e. The molecular formula is C27H35NO4. The molecule has 5 heteroatoms. The Kier molecular flexibility index (Phi) is 5.72. The van der Waals surface area contributed by atoms with E-state index < -0.39 is 5.92 Å². The maximum atomic E-state index is 13.5. The van der Waals surface area contributed by atoms with Crippen molar-refractivity contribution >= 4 is 11.6 Å². The Morgan fingerprint density at radius 2 is 1.38 bits per heavy atom. The van der Waals surface area contributed by atoms with Crippen LogP contribution in [0.1, 0.15) is 78.7 Å². The van der Waals surface area contributed by atoms with Crippen LogP contribution < -0.4 is 14.8 Å². The number of ether oxygens (including phenoxy) is 2. The highest BCUT2D eigenvalue weighted by molar-refractivity contribution is 6.07. The second-order valence-electron chi connectivity index (χ2n) is 10.8. The molecule has 1 aromatic carbocycles. The molecule has 172 valence electrons. The largest absolute Gasteiger partial charge is 0.494 e. The van der Waals surface area contributed by atoms with Crippen LogP contribution in [0.2, 0.25) is 0 Å². The summed E-state index contributed by atoms with van der Waals surface area (Å²) in [6, 6.07) is 5.78. The zero-order chi connectivity index (χ0) is 23.3. The van der Waals surface area contributed by atoms with Gasteiger partial charge in [-0.2, -0.15) is 0 Å². The molecule has 1 N–H and O–H groups in total. The number of dihydropyridines is 1. The second kappa shape index (κ2) is 8.09. The van der Waals surface area contributed by atoms with Crippen molar-refractivity contribution in [2.24, 2.45) is 10.8 Å². The Balaban J connectivity index is 1.92. The van der Waals surface area contributed by atoms with Crippen molar-refractivity contribution in [3.05, 3.63) is 46.3 Å². The minimum absolute atomic E-state index is 0.110. The van der Waals surface area contributed by atoms with E-state index in [0.29, 0.717) is 31.8 Å². The highest BCUT2D eigenvalue weighted by Gasteiger charge is 2.47. The first-order valence-corrected chi connectivity index (χ1v) is 11.7. The summed E-state index contributed by atoms with van der Waals surface area (Å²) >= 11 is 0. The number of nitrogens with one attached hydrogen (secondary N) is 1. The van der Waals surface area contributed by atoms with Gasteiger partial charge >= 0.3 is 0 Å². The van der Waals surface area contributed by atoms with E-state index in [-0.39, 0.29) is 22.4 Å². The Morgan fingerprint density at radius 3 is 1.88 bits per heavy atom. The second-order valence-corrected chi connectivity index (χ2v) is 10.8. The van der Waals surface area contributed by atoms with Crippen LogP contribution in [0.4, 0.5) is 0 Å². The third-order valence-electron chi connectivity index (χ3n) is 6.63. The Bertz CT molecular complexity index is 976. The maximum Gasteiger partial charge on any atom is 0.162 e. The van der Waals surface area contributed by atoms with E-state index in [9.17, 15) is 9.59 Å². The van der Waals surface area contributed by atoms with E-state index in [1.165, 1.54) is 0 Å². The third kappa shape index (κ3) is 4.10. The zero-order valence-electron chi connectivity index (χ0n) is 20.2. The molecule has 0 aromatic heterocycles. The summed E-state index contributed by atoms with van der Waals surface area (Å²) in [4.78, 5) is 27.0. The van der Waals surface area contributed by atoms with Crippen LogP contribution in [0.5, 0.6) is 11.5 Å². The van der Waals surface area contributed by atoms with Crippen LogP contribution >= 0.6 is 0 Å². The summed E-state index contributed by atoms with van der Waals surface area (Å²) in [7, 11) is 0. The van der Waals surface area contributed by atoms with Crippen LogP contribution in [0, 0.1) is 10.8 Å². The summed E-state index contributed by atoms with van der Waals surface area (Å²) in [5, 5.41) is 3.56. The fourth-order valence-corrected chi connectivity index (χ4v) is 5.49. The molecule has 2 aliphatic carbocycles. The molecule has 0 amide bonds. The summed E-state index contributed by atoms with van der Waals surface area (Å²) in [6.45, 7) is 13.5. The zero-order valence-corrected chi connectivity index (χ0v) is 20.2. The molecule has 3 aliphatic rings. The molecule has 0 unspecified atom stereocenters. The van der Waals surface area contributed by atoms with Gasteiger partial charge in [-0.25, -0.2) is 0 Å². The predicted octanol–water partition coefficient (Wildman–Crippen LogP) is 5.46. The molecule has 0 spiro atoms. The quantitative estimate of drug-likeness (QED) is 0.663. The molecule has 0 fully saturated rings. The number of hydrogen-bond donors (Lipinski definition) is 1. The van der Waals surface area contributed by atoms with Crippen LogP contribution in [-0.2, 0) is 9.59 Å². The molecule has 0 atom stereocenters. The molecule has 1 heterocycles. The number of Topliss-reactive ketones (excluding diaryl/α,β-unsaturated/α-hetero) is 2. The van der Waals surface area contributed by atoms with Crippen molar-refractivity contribution in [3.63, 3.8) is 0 Å². The molecule has 1 aliphatic heterocycles. The lowest BCUT2D eigenvalue weighted by atomic mass is 9.64. The smallest absolute Gasteiger partial charge is 0.162 e. The highest BCUT2D eigenvalue weighted by Crippen LogP contribution is 2.52. The summed E-state index contributed by atoms with van der Waals surface area (Å²) < 4.78 is 11.7. The lowest BCUT2D eigenvalue weighted by molar-refractivity contribution is -0.119. The van der Waals surface area contributed by atoms with Gasteiger partial charge in [-0.1, -0.05) is 33.8 Å². The topological polar surface area (TPSA) is 64.6 Å². The Labute approximate surface area is 191 Å². The van der Waals surface area contributed by atoms with Gasteiger partial charge in [-0.05, 0) is 43.6 Å². The number of rotatable bonds is 5. The van der Waals surface area contributed by atoms with Crippen LogP contribution in [0.25, 0.3) is 0 Å². The number of benzene rings is 1. The van der Waals surface area contributed by atoms with Gasteiger partial charge in [0.1, 0.15) is 11.5 Å². The third-order valence-corrected chi connectivity index (χ3v) is 6.63. The minimum atomic E-state index is -0.398. The van der Waals surface area contributed by atoms with Gasteiger partial charge in [0.05, 0.1) is 13.2 Å². The number of allylic oxidation sites excluding steroid dienone is 4. The van der Waals surface area contributed by atoms with Gasteiger partial charge in [0, 0.05) is 52.9 Å². The average Bonchev–Trinajstić information content (AvgIpc) is 2.65. The summed E-state index contributed by atoms with van der Waals surface area (Å²) in [5.41, 5.74) is 4.07. The monoisotopic (exact) mass is 437 g/mol. The van der Waals surface area contributed by atoms with Crippen molar-refractivity contribution in [2.75, 3.05) is 13.2 Å². The fraction of sp³-hybridized carbons (Fsp3) is 0.556. The van der Waals surface area contributed by atoms with Gasteiger partial charge in [-0.3, -0.25) is 9.59 Å². The Hall–Kier alpha value is -2.56. The van der Waals surface area contributed by atoms with E-state index in [1.54, 1.807) is 0 Å². The number of hydrogen-bond acceptors (Lipinski definition) is 5. The molecule has 0 saturated heterocycles. The van der Waals surface area contributed by atoms with Gasteiger partial charge in [0.15, 0.2) is 11.6 Å². The van der Waals surface area contributed by atoms with Crippen LogP contribution in [-0.4, -0.2) is 24.8 Å². The lowest BCUT2D eigenvalue weighted by Crippen LogP contribution is -2.42. The van der Waals surface area contributed by atoms with E-state index >= 15 is 0 Å². The number of ketones is 2. The van der Waals surface area contributed by atoms with Gasteiger partial charge in [-0.15, -0.1) is 0 Å². The van der Waals surface area contributed by atoms with E-state index in [2.05, 4.69) is 33.0 Å². The van der Waals surface area contributed by atoms with Gasteiger partial charge in [0.2, 0.25) is 0 Å². The maximum absolute atomic E-state index is 13.5. The normalized spacial score (nSPS) is 22.3. The molecular weight excluding hydrogens is 402 g/mol. The lowest BCUT2D eigenvalue weighted by Gasteiger charge is -2.44. The number of carbonyl (C=O) groups excluding carboxylic acids is 2. The molecule has 4 rings (SSSR count). The molecule has 0 radical (unpaired) electrons. The predicted molar refractivity (Wildman–Crippen MR) is 125 cm³/mol. The van der Waals surface area contributed by atoms with Crippen LogP contribution in [0.15, 0.2) is 40.7 Å². The van der Waals surface area contributed by atoms with Crippen molar-refractivity contribution in [3.8, 4) is 11.5 Å². The number of carbonyl (C=O) groups is 2. The molecule has 0 bridgehead atoms. The molecule has 32 heavy (non-hydrogen) atoms. The Morgan fingerprint density at radius 1 is 0.844 bits per heavy atom. The molecule has 0 saturated carbocycles. The first kappa shape index (κ1) is 22.6. The van der Waals surface area contributed by atoms with E-state index in [4.69, 9.17) is 9.47 Å². The average molecular weight is 438 g/mol. The standard InChI is InChI=1S/C27H35NO4/c1-7-31-16-9-10-17(22(11-16)32-8-2)23-24-18(12-26(3,4)14-20(24)29)28-19-13-27(5,6)15-21(30)25(19)23/h9-11,23,28H,7-8,12-15H2,1-6H3. The van der Waals surface area contributed by atoms with E-state index in [0.717, 1.165) is 46.7 Å². The highest BCUT2D eigenvalue weighted by atomic mass is 16.5. The van der Waals surface area contributed by atoms with Crippen LogP contribution in [0.3, 0.4) is 0 Å². The van der Waals surface area contributed by atoms with Crippen molar-refractivity contribution in [2.45, 2.75) is 73.1 Å². The van der Waals surface area contributed by atoms with Crippen molar-refractivity contribution < 1.29 is 19.1 Å². The summed E-state index contributed by atoms with van der Waals surface area (Å²) in [5.74, 6) is 1.25. The molecule has 1 aromatic rings. The van der Waals surface area contributed by atoms with Gasteiger partial charge in [0.25, 0.3) is 0 Å². The van der Waals surface area contributed by atoms with Gasteiger partial charge < -0.3 is 14.8 Å². The van der Waals surface area contributed by atoms with E-state index in [1.807, 2.05) is 32.0 Å². The van der Waals surface area contributed by atoms with Crippen molar-refractivity contribution in [1.29, 1.82) is 0 Å². The SMILES string of the molecule is CCOc1ccc(C2C3=C(CC(C)(C)CC3=O)NC3=C2C(=O)CC(C)(C)C3)c(OCC)c1. The first-order valence-electron chi connectivity index (χ1n) is 11.7. The van der Waals surface area contributed by atoms with Crippen molar-refractivity contribution in [1.82, 2.24) is 5.32 Å².